The molecule has 1 aromatic rings. The number of nitrogens with one attached hydrogen (secondary N) is 1. The van der Waals surface area contributed by atoms with Gasteiger partial charge in [0.15, 0.2) is 11.5 Å². The zero-order chi connectivity index (χ0) is 14.8. The maximum absolute atomic E-state index is 5.34. The maximum atomic E-state index is 5.34. The molecule has 0 amide bonds. The van der Waals surface area contributed by atoms with Gasteiger partial charge in [0.1, 0.15) is 0 Å². The summed E-state index contributed by atoms with van der Waals surface area (Å²) in [4.78, 5) is 6.54. The van der Waals surface area contributed by atoms with Crippen LogP contribution in [0.1, 0.15) is 5.69 Å². The van der Waals surface area contributed by atoms with Crippen LogP contribution in [0.3, 0.4) is 0 Å². The molecular weight excluding hydrogens is 258 g/mol. The summed E-state index contributed by atoms with van der Waals surface area (Å²) in [6.07, 6.45) is 1.73. The van der Waals surface area contributed by atoms with E-state index in [0.29, 0.717) is 18.0 Å². The molecule has 6 heteroatoms. The summed E-state index contributed by atoms with van der Waals surface area (Å²) in [6.45, 7) is 4.16. The van der Waals surface area contributed by atoms with Gasteiger partial charge in [-0.1, -0.05) is 0 Å². The molecule has 1 rings (SSSR count). The Morgan fingerprint density at radius 1 is 1.20 bits per heavy atom. The van der Waals surface area contributed by atoms with E-state index in [0.717, 1.165) is 31.9 Å². The summed E-state index contributed by atoms with van der Waals surface area (Å²) in [7, 11) is 7.04. The molecule has 20 heavy (non-hydrogen) atoms. The highest BCUT2D eigenvalue weighted by Gasteiger charge is 2.10. The van der Waals surface area contributed by atoms with E-state index in [1.807, 2.05) is 0 Å². The second-order valence-corrected chi connectivity index (χ2v) is 4.47. The number of hydrogen-bond acceptors (Lipinski definition) is 6. The molecule has 1 aromatic heterocycles. The molecule has 0 saturated heterocycles. The zero-order valence-electron chi connectivity index (χ0n) is 12.8. The van der Waals surface area contributed by atoms with Crippen molar-refractivity contribution in [2.45, 2.75) is 6.54 Å². The molecular formula is C14H25N3O3. The van der Waals surface area contributed by atoms with Crippen molar-refractivity contribution >= 4 is 0 Å². The lowest BCUT2D eigenvalue weighted by Gasteiger charge is -2.16. The summed E-state index contributed by atoms with van der Waals surface area (Å²) in [5.41, 5.74) is 0.853. The number of aromatic nitrogens is 1. The van der Waals surface area contributed by atoms with Gasteiger partial charge in [-0.2, -0.15) is 0 Å². The number of ether oxygens (including phenoxy) is 3. The predicted molar refractivity (Wildman–Crippen MR) is 78.4 cm³/mol. The van der Waals surface area contributed by atoms with Gasteiger partial charge < -0.3 is 24.4 Å². The minimum Gasteiger partial charge on any atom is -0.493 e. The van der Waals surface area contributed by atoms with E-state index in [-0.39, 0.29) is 0 Å². The van der Waals surface area contributed by atoms with Crippen LogP contribution in [-0.2, 0) is 11.3 Å². The third kappa shape index (κ3) is 5.32. The fourth-order valence-corrected chi connectivity index (χ4v) is 1.81. The number of nitrogens with zero attached hydrogens (tertiary/aromatic N) is 2. The molecule has 0 radical (unpaired) electrons. The van der Waals surface area contributed by atoms with Crippen molar-refractivity contribution in [3.63, 3.8) is 0 Å². The SMILES string of the molecule is COCCN(C)CCNCc1nccc(OC)c1OC. The van der Waals surface area contributed by atoms with E-state index in [1.165, 1.54) is 0 Å². The van der Waals surface area contributed by atoms with E-state index in [2.05, 4.69) is 22.2 Å². The van der Waals surface area contributed by atoms with Gasteiger partial charge in [-0.3, -0.25) is 4.98 Å². The minimum absolute atomic E-state index is 0.651. The van der Waals surface area contributed by atoms with Crippen molar-refractivity contribution in [2.75, 3.05) is 54.6 Å². The first kappa shape index (κ1) is 16.7. The second kappa shape index (κ2) is 9.52. The molecule has 0 atom stereocenters. The van der Waals surface area contributed by atoms with Crippen LogP contribution in [0.15, 0.2) is 12.3 Å². The van der Waals surface area contributed by atoms with Crippen LogP contribution < -0.4 is 14.8 Å². The lowest BCUT2D eigenvalue weighted by Crippen LogP contribution is -2.31. The lowest BCUT2D eigenvalue weighted by atomic mass is 10.3. The fourth-order valence-electron chi connectivity index (χ4n) is 1.81. The second-order valence-electron chi connectivity index (χ2n) is 4.47. The zero-order valence-corrected chi connectivity index (χ0v) is 12.8. The first-order valence-corrected chi connectivity index (χ1v) is 6.67. The average Bonchev–Trinajstić information content (AvgIpc) is 2.48. The lowest BCUT2D eigenvalue weighted by molar-refractivity contribution is 0.161. The number of likely N-dealkylation sites (N-methyl/N-ethyl adjacent to an activating group) is 1. The molecule has 114 valence electrons. The molecule has 0 bridgehead atoms. The molecule has 0 unspecified atom stereocenters. The van der Waals surface area contributed by atoms with Crippen LogP contribution in [0.5, 0.6) is 11.5 Å². The molecule has 0 aliphatic heterocycles. The first-order chi connectivity index (χ1) is 9.72. The molecule has 0 aromatic carbocycles. The normalized spacial score (nSPS) is 10.8. The van der Waals surface area contributed by atoms with Gasteiger partial charge in [0.25, 0.3) is 0 Å². The van der Waals surface area contributed by atoms with Gasteiger partial charge >= 0.3 is 0 Å². The van der Waals surface area contributed by atoms with Crippen LogP contribution in [0, 0.1) is 0 Å². The number of rotatable bonds is 10. The fraction of sp³-hybridized carbons (Fsp3) is 0.643. The molecule has 0 aliphatic carbocycles. The summed E-state index contributed by atoms with van der Waals surface area (Å²) in [6, 6.07) is 1.79. The average molecular weight is 283 g/mol. The first-order valence-electron chi connectivity index (χ1n) is 6.67. The van der Waals surface area contributed by atoms with Crippen molar-refractivity contribution < 1.29 is 14.2 Å². The van der Waals surface area contributed by atoms with Crippen molar-refractivity contribution in [2.24, 2.45) is 0 Å². The van der Waals surface area contributed by atoms with Crippen molar-refractivity contribution in [3.05, 3.63) is 18.0 Å². The smallest absolute Gasteiger partial charge is 0.183 e. The van der Waals surface area contributed by atoms with E-state index in [9.17, 15) is 0 Å². The topological polar surface area (TPSA) is 55.9 Å². The summed E-state index contributed by atoms with van der Waals surface area (Å²) >= 11 is 0. The van der Waals surface area contributed by atoms with E-state index in [1.54, 1.807) is 33.6 Å². The van der Waals surface area contributed by atoms with Crippen LogP contribution in [0.2, 0.25) is 0 Å². The Labute approximate surface area is 121 Å². The Morgan fingerprint density at radius 3 is 2.65 bits per heavy atom. The third-order valence-electron chi connectivity index (χ3n) is 3.01. The van der Waals surface area contributed by atoms with Crippen molar-refractivity contribution in [1.29, 1.82) is 0 Å². The van der Waals surface area contributed by atoms with E-state index in [4.69, 9.17) is 14.2 Å². The Morgan fingerprint density at radius 2 is 2.00 bits per heavy atom. The summed E-state index contributed by atoms with van der Waals surface area (Å²) in [5, 5.41) is 3.35. The van der Waals surface area contributed by atoms with Gasteiger partial charge in [0.2, 0.25) is 0 Å². The van der Waals surface area contributed by atoms with E-state index < -0.39 is 0 Å². The summed E-state index contributed by atoms with van der Waals surface area (Å²) in [5.74, 6) is 1.40. The van der Waals surface area contributed by atoms with Crippen LogP contribution in [-0.4, -0.2) is 64.5 Å². The quantitative estimate of drug-likeness (QED) is 0.640. The molecule has 0 spiro atoms. The van der Waals surface area contributed by atoms with Gasteiger partial charge in [-0.05, 0) is 7.05 Å². The molecule has 0 fully saturated rings. The largest absolute Gasteiger partial charge is 0.493 e. The number of hydrogen-bond donors (Lipinski definition) is 1. The maximum Gasteiger partial charge on any atom is 0.183 e. The van der Waals surface area contributed by atoms with Gasteiger partial charge in [-0.15, -0.1) is 0 Å². The van der Waals surface area contributed by atoms with Gasteiger partial charge in [0, 0.05) is 45.6 Å². The van der Waals surface area contributed by atoms with Crippen LogP contribution in [0.25, 0.3) is 0 Å². The highest BCUT2D eigenvalue weighted by Crippen LogP contribution is 2.28. The van der Waals surface area contributed by atoms with Gasteiger partial charge in [0.05, 0.1) is 26.5 Å². The molecule has 0 saturated carbocycles. The van der Waals surface area contributed by atoms with Crippen molar-refractivity contribution in [3.8, 4) is 11.5 Å². The van der Waals surface area contributed by atoms with Crippen LogP contribution in [0.4, 0.5) is 0 Å². The number of pyridine rings is 1. The Bertz CT molecular complexity index is 388. The number of methoxy groups -OCH3 is 3. The molecule has 1 N–H and O–H groups in total. The Balaban J connectivity index is 2.38. The predicted octanol–water partition coefficient (Wildman–Crippen LogP) is 0.767. The van der Waals surface area contributed by atoms with Crippen molar-refractivity contribution in [1.82, 2.24) is 15.2 Å². The molecule has 0 aliphatic rings. The Kier molecular flexibility index (Phi) is 7.94. The molecule has 1 heterocycles. The molecule has 6 nitrogen and oxygen atoms in total. The standard InChI is InChI=1S/C14H25N3O3/c1-17(9-10-18-2)8-7-15-11-12-14(20-4)13(19-3)5-6-16-12/h5-6,15H,7-11H2,1-4H3. The van der Waals surface area contributed by atoms with E-state index >= 15 is 0 Å². The summed E-state index contributed by atoms with van der Waals surface area (Å²) < 4.78 is 15.6. The monoisotopic (exact) mass is 283 g/mol. The highest BCUT2D eigenvalue weighted by molar-refractivity contribution is 5.42. The van der Waals surface area contributed by atoms with Gasteiger partial charge in [-0.25, -0.2) is 0 Å². The highest BCUT2D eigenvalue weighted by atomic mass is 16.5. The minimum atomic E-state index is 0.651. The van der Waals surface area contributed by atoms with Crippen LogP contribution >= 0.6 is 0 Å². The third-order valence-corrected chi connectivity index (χ3v) is 3.01. The Hall–Kier alpha value is -1.37.